The van der Waals surface area contributed by atoms with Crippen LogP contribution in [0.2, 0.25) is 0 Å². The van der Waals surface area contributed by atoms with Crippen LogP contribution in [0.1, 0.15) is 36.3 Å². The first kappa shape index (κ1) is 7.30. The Morgan fingerprint density at radius 2 is 2.42 bits per heavy atom. The molecule has 0 unspecified atom stereocenters. The average molecular weight is 157 g/mol. The van der Waals surface area contributed by atoms with Gasteiger partial charge >= 0.3 is 0 Å². The lowest BCUT2D eigenvalue weighted by Crippen LogP contribution is -2.10. The van der Waals surface area contributed by atoms with Gasteiger partial charge < -0.3 is 0 Å². The van der Waals surface area contributed by atoms with Gasteiger partial charge in [-0.1, -0.05) is 6.42 Å². The van der Waals surface area contributed by atoms with Gasteiger partial charge in [0.25, 0.3) is 0 Å². The van der Waals surface area contributed by atoms with Crippen molar-refractivity contribution in [1.29, 1.82) is 5.26 Å². The molecule has 2 nitrogen and oxygen atoms in total. The molecular formula is C10H9N2. The maximum Gasteiger partial charge on any atom is 0.0996 e. The normalized spacial score (nSPS) is 16.6. The first-order chi connectivity index (χ1) is 5.92. The zero-order valence-corrected chi connectivity index (χ0v) is 6.75. The first-order valence-corrected chi connectivity index (χ1v) is 4.18. The fourth-order valence-corrected chi connectivity index (χ4v) is 1.47. The van der Waals surface area contributed by atoms with Crippen LogP contribution in [-0.2, 0) is 0 Å². The second kappa shape index (κ2) is 2.94. The number of rotatable bonds is 1. The summed E-state index contributed by atoms with van der Waals surface area (Å²) in [6, 6.07) is 3.94. The second-order valence-electron chi connectivity index (χ2n) is 3.12. The lowest BCUT2D eigenvalue weighted by molar-refractivity contribution is 0.417. The van der Waals surface area contributed by atoms with Crippen LogP contribution < -0.4 is 0 Å². The molecule has 1 radical (unpaired) electrons. The highest BCUT2D eigenvalue weighted by Gasteiger charge is 2.22. The Hall–Kier alpha value is -1.36. The molecule has 0 amide bonds. The maximum absolute atomic E-state index is 8.79. The van der Waals surface area contributed by atoms with Crippen molar-refractivity contribution >= 4 is 0 Å². The van der Waals surface area contributed by atoms with Gasteiger partial charge in [0.2, 0.25) is 0 Å². The predicted octanol–water partition coefficient (Wildman–Crippen LogP) is 2.02. The van der Waals surface area contributed by atoms with Crippen molar-refractivity contribution in [1.82, 2.24) is 4.98 Å². The van der Waals surface area contributed by atoms with Crippen molar-refractivity contribution in [2.75, 3.05) is 0 Å². The van der Waals surface area contributed by atoms with Crippen molar-refractivity contribution in [2.45, 2.75) is 25.2 Å². The van der Waals surface area contributed by atoms with Crippen molar-refractivity contribution in [3.8, 4) is 6.07 Å². The van der Waals surface area contributed by atoms with E-state index in [2.05, 4.69) is 17.3 Å². The van der Waals surface area contributed by atoms with E-state index in [0.29, 0.717) is 5.92 Å². The van der Waals surface area contributed by atoms with Gasteiger partial charge in [0.15, 0.2) is 0 Å². The minimum Gasteiger partial charge on any atom is -0.254 e. The molecule has 1 saturated carbocycles. The summed E-state index contributed by atoms with van der Waals surface area (Å²) >= 11 is 0. The highest BCUT2D eigenvalue weighted by Crippen LogP contribution is 2.36. The molecule has 1 aromatic heterocycles. The van der Waals surface area contributed by atoms with E-state index < -0.39 is 0 Å². The number of hydrogen-bond donors (Lipinski definition) is 0. The summed E-state index contributed by atoms with van der Waals surface area (Å²) in [5, 5.41) is 8.79. The first-order valence-electron chi connectivity index (χ1n) is 4.18. The van der Waals surface area contributed by atoms with Gasteiger partial charge in [0, 0.05) is 11.8 Å². The van der Waals surface area contributed by atoms with Crippen LogP contribution >= 0.6 is 0 Å². The van der Waals surface area contributed by atoms with Crippen LogP contribution in [0, 0.1) is 17.5 Å². The minimum atomic E-state index is 0.549. The summed E-state index contributed by atoms with van der Waals surface area (Å²) < 4.78 is 0. The summed E-state index contributed by atoms with van der Waals surface area (Å²) in [7, 11) is 0. The molecule has 1 aromatic rings. The summed E-state index contributed by atoms with van der Waals surface area (Å²) in [6.45, 7) is 0. The van der Waals surface area contributed by atoms with Gasteiger partial charge in [-0.3, -0.25) is 4.98 Å². The molecule has 0 aromatic carbocycles. The minimum absolute atomic E-state index is 0.549. The molecule has 1 heterocycles. The molecular weight excluding hydrogens is 148 g/mol. The number of aromatic nitrogens is 1. The van der Waals surface area contributed by atoms with E-state index in [1.165, 1.54) is 19.3 Å². The molecule has 0 spiro atoms. The molecule has 0 atom stereocenters. The Morgan fingerprint density at radius 3 is 3.00 bits per heavy atom. The highest BCUT2D eigenvalue weighted by atomic mass is 14.6. The average Bonchev–Trinajstić information content (AvgIpc) is 2.02. The smallest absolute Gasteiger partial charge is 0.0996 e. The van der Waals surface area contributed by atoms with E-state index in [4.69, 9.17) is 5.26 Å². The van der Waals surface area contributed by atoms with Gasteiger partial charge in [-0.05, 0) is 24.8 Å². The topological polar surface area (TPSA) is 36.7 Å². The lowest BCUT2D eigenvalue weighted by Gasteiger charge is -2.25. The third kappa shape index (κ3) is 1.08. The Morgan fingerprint density at radius 1 is 1.58 bits per heavy atom. The van der Waals surface area contributed by atoms with Crippen LogP contribution in [0.15, 0.2) is 12.3 Å². The van der Waals surface area contributed by atoms with Gasteiger partial charge in [-0.25, -0.2) is 0 Å². The van der Waals surface area contributed by atoms with Crippen molar-refractivity contribution in [2.24, 2.45) is 0 Å². The van der Waals surface area contributed by atoms with Crippen molar-refractivity contribution < 1.29 is 0 Å². The van der Waals surface area contributed by atoms with Gasteiger partial charge in [-0.2, -0.15) is 5.26 Å². The molecule has 1 fully saturated rings. The molecule has 59 valence electrons. The van der Waals surface area contributed by atoms with Gasteiger partial charge in [0.1, 0.15) is 0 Å². The third-order valence-electron chi connectivity index (χ3n) is 2.42. The Bertz CT molecular complexity index is 321. The Balaban J connectivity index is 2.35. The Labute approximate surface area is 71.9 Å². The van der Waals surface area contributed by atoms with E-state index in [1.54, 1.807) is 12.3 Å². The summed E-state index contributed by atoms with van der Waals surface area (Å²) in [4.78, 5) is 3.92. The summed E-state index contributed by atoms with van der Waals surface area (Å²) in [5.74, 6) is 0.549. The molecule has 0 N–H and O–H groups in total. The SMILES string of the molecule is N#Cc1ccn[c]c1C1CCC1. The summed E-state index contributed by atoms with van der Waals surface area (Å²) in [6.07, 6.45) is 8.20. The van der Waals surface area contributed by atoms with Gasteiger partial charge in [0.05, 0.1) is 17.8 Å². The number of nitriles is 1. The Kier molecular flexibility index (Phi) is 1.79. The summed E-state index contributed by atoms with van der Waals surface area (Å²) in [5.41, 5.74) is 1.76. The monoisotopic (exact) mass is 157 g/mol. The standard InChI is InChI=1S/C10H9N2/c11-6-9-4-5-12-7-10(9)8-2-1-3-8/h4-5,8H,1-3H2. The number of nitrogens with zero attached hydrogens (tertiary/aromatic N) is 2. The zero-order chi connectivity index (χ0) is 8.39. The van der Waals surface area contributed by atoms with E-state index >= 15 is 0 Å². The van der Waals surface area contributed by atoms with Crippen molar-refractivity contribution in [3.05, 3.63) is 29.6 Å². The molecule has 0 saturated heterocycles. The van der Waals surface area contributed by atoms with Crippen LogP contribution in [0.4, 0.5) is 0 Å². The number of pyridine rings is 1. The van der Waals surface area contributed by atoms with Crippen LogP contribution in [0.25, 0.3) is 0 Å². The van der Waals surface area contributed by atoms with Crippen molar-refractivity contribution in [3.63, 3.8) is 0 Å². The maximum atomic E-state index is 8.79. The van der Waals surface area contributed by atoms with E-state index in [1.807, 2.05) is 0 Å². The number of hydrogen-bond acceptors (Lipinski definition) is 2. The molecule has 12 heavy (non-hydrogen) atoms. The van der Waals surface area contributed by atoms with Crippen LogP contribution in [0.5, 0.6) is 0 Å². The zero-order valence-electron chi connectivity index (χ0n) is 6.75. The molecule has 1 aliphatic carbocycles. The fraction of sp³-hybridized carbons (Fsp3) is 0.400. The molecule has 1 aliphatic rings. The molecule has 0 bridgehead atoms. The second-order valence-corrected chi connectivity index (χ2v) is 3.12. The third-order valence-corrected chi connectivity index (χ3v) is 2.42. The van der Waals surface area contributed by atoms with Crippen LogP contribution in [0.3, 0.4) is 0 Å². The van der Waals surface area contributed by atoms with Crippen LogP contribution in [-0.4, -0.2) is 4.98 Å². The highest BCUT2D eigenvalue weighted by molar-refractivity contribution is 5.37. The molecule has 0 aliphatic heterocycles. The molecule has 2 heteroatoms. The van der Waals surface area contributed by atoms with E-state index in [0.717, 1.165) is 11.1 Å². The van der Waals surface area contributed by atoms with E-state index in [-0.39, 0.29) is 0 Å². The largest absolute Gasteiger partial charge is 0.254 e. The lowest BCUT2D eigenvalue weighted by atomic mass is 9.79. The predicted molar refractivity (Wildman–Crippen MR) is 44.4 cm³/mol. The van der Waals surface area contributed by atoms with Gasteiger partial charge in [-0.15, -0.1) is 0 Å². The van der Waals surface area contributed by atoms with E-state index in [9.17, 15) is 0 Å². The fourth-order valence-electron chi connectivity index (χ4n) is 1.47. The molecule has 2 rings (SSSR count). The quantitative estimate of drug-likeness (QED) is 0.625.